The summed E-state index contributed by atoms with van der Waals surface area (Å²) in [4.78, 5) is 13.6. The van der Waals surface area contributed by atoms with Gasteiger partial charge >= 0.3 is 0 Å². The molecule has 17 heavy (non-hydrogen) atoms. The molecule has 0 aromatic rings. The Morgan fingerprint density at radius 2 is 1.88 bits per heavy atom. The van der Waals surface area contributed by atoms with Crippen molar-refractivity contribution in [1.29, 1.82) is 0 Å². The fraction of sp³-hybridized carbons (Fsp3) is 0.929. The van der Waals surface area contributed by atoms with Crippen LogP contribution in [0.5, 0.6) is 0 Å². The lowest BCUT2D eigenvalue weighted by molar-refractivity contribution is -0.120. The summed E-state index contributed by atoms with van der Waals surface area (Å²) in [6.07, 6.45) is 4.57. The summed E-state index contributed by atoms with van der Waals surface area (Å²) in [7, 11) is 2.17. The molecule has 0 aliphatic carbocycles. The number of hydrogen-bond acceptors (Lipinski definition) is 2. The smallest absolute Gasteiger partial charge is 0.217 e. The van der Waals surface area contributed by atoms with E-state index >= 15 is 0 Å². The van der Waals surface area contributed by atoms with Crippen LogP contribution in [0.1, 0.15) is 53.4 Å². The van der Waals surface area contributed by atoms with Crippen LogP contribution in [0, 0.1) is 5.92 Å². The van der Waals surface area contributed by atoms with Gasteiger partial charge in [-0.1, -0.05) is 27.2 Å². The number of hydrogen-bond donors (Lipinski definition) is 1. The van der Waals surface area contributed by atoms with Crippen molar-refractivity contribution < 1.29 is 4.79 Å². The minimum absolute atomic E-state index is 0.0936. The van der Waals surface area contributed by atoms with E-state index in [0.29, 0.717) is 12.0 Å². The van der Waals surface area contributed by atoms with Crippen molar-refractivity contribution >= 4 is 5.91 Å². The van der Waals surface area contributed by atoms with Crippen LogP contribution in [-0.2, 0) is 4.79 Å². The summed E-state index contributed by atoms with van der Waals surface area (Å²) in [5, 5.41) is 3.10. The average Bonchev–Trinajstić information content (AvgIpc) is 2.25. The van der Waals surface area contributed by atoms with Gasteiger partial charge in [-0.15, -0.1) is 0 Å². The highest BCUT2D eigenvalue weighted by atomic mass is 16.1. The largest absolute Gasteiger partial charge is 0.353 e. The molecule has 3 heteroatoms. The molecule has 102 valence electrons. The Kier molecular flexibility index (Phi) is 9.14. The Hall–Kier alpha value is -0.570. The standard InChI is InChI=1S/C14H30N2O/c1-6-9-13(11-16(5)10-7-2)14(8-3)15-12(4)17/h13-14H,6-11H2,1-5H3,(H,15,17). The molecule has 0 spiro atoms. The van der Waals surface area contributed by atoms with Gasteiger partial charge in [0.1, 0.15) is 0 Å². The SMILES string of the molecule is CCCC(CN(C)CCC)C(CC)NC(C)=O. The van der Waals surface area contributed by atoms with Crippen molar-refractivity contribution in [2.45, 2.75) is 59.4 Å². The van der Waals surface area contributed by atoms with E-state index in [0.717, 1.165) is 19.5 Å². The predicted molar refractivity (Wildman–Crippen MR) is 74.1 cm³/mol. The number of carbonyl (C=O) groups excluding carboxylic acids is 1. The zero-order valence-electron chi connectivity index (χ0n) is 12.3. The second-order valence-corrected chi connectivity index (χ2v) is 5.03. The van der Waals surface area contributed by atoms with Crippen molar-refractivity contribution in [2.75, 3.05) is 20.1 Å². The van der Waals surface area contributed by atoms with Gasteiger partial charge in [-0.05, 0) is 38.8 Å². The third-order valence-corrected chi connectivity index (χ3v) is 3.21. The van der Waals surface area contributed by atoms with E-state index in [-0.39, 0.29) is 5.91 Å². The summed E-state index contributed by atoms with van der Waals surface area (Å²) >= 11 is 0. The Morgan fingerprint density at radius 3 is 2.29 bits per heavy atom. The van der Waals surface area contributed by atoms with E-state index in [9.17, 15) is 4.79 Å². The van der Waals surface area contributed by atoms with Gasteiger partial charge in [0, 0.05) is 19.5 Å². The van der Waals surface area contributed by atoms with Crippen LogP contribution in [-0.4, -0.2) is 37.0 Å². The number of rotatable bonds is 9. The number of amides is 1. The molecule has 0 saturated carbocycles. The molecule has 0 fully saturated rings. The van der Waals surface area contributed by atoms with Crippen molar-refractivity contribution in [1.82, 2.24) is 10.2 Å². The lowest BCUT2D eigenvalue weighted by Crippen LogP contribution is -2.43. The zero-order chi connectivity index (χ0) is 13.3. The predicted octanol–water partition coefficient (Wildman–Crippen LogP) is 2.66. The first-order valence-corrected chi connectivity index (χ1v) is 7.00. The van der Waals surface area contributed by atoms with E-state index in [2.05, 4.69) is 38.0 Å². The van der Waals surface area contributed by atoms with Crippen LogP contribution in [0.25, 0.3) is 0 Å². The maximum absolute atomic E-state index is 11.2. The molecule has 1 N–H and O–H groups in total. The van der Waals surface area contributed by atoms with Crippen molar-refractivity contribution in [2.24, 2.45) is 5.92 Å². The van der Waals surface area contributed by atoms with Gasteiger partial charge in [0.2, 0.25) is 5.91 Å². The second-order valence-electron chi connectivity index (χ2n) is 5.03. The molecular formula is C14H30N2O. The van der Waals surface area contributed by atoms with Gasteiger partial charge in [0.25, 0.3) is 0 Å². The molecule has 0 rings (SSSR count). The van der Waals surface area contributed by atoms with Gasteiger partial charge in [-0.2, -0.15) is 0 Å². The maximum atomic E-state index is 11.2. The van der Waals surface area contributed by atoms with E-state index < -0.39 is 0 Å². The van der Waals surface area contributed by atoms with Crippen molar-refractivity contribution in [3.63, 3.8) is 0 Å². The van der Waals surface area contributed by atoms with Crippen LogP contribution in [0.15, 0.2) is 0 Å². The Labute approximate surface area is 107 Å². The highest BCUT2D eigenvalue weighted by Crippen LogP contribution is 2.16. The van der Waals surface area contributed by atoms with Gasteiger partial charge in [0.15, 0.2) is 0 Å². The second kappa shape index (κ2) is 9.46. The summed E-state index contributed by atoms with van der Waals surface area (Å²) < 4.78 is 0. The van der Waals surface area contributed by atoms with Crippen LogP contribution >= 0.6 is 0 Å². The molecule has 0 saturated heterocycles. The van der Waals surface area contributed by atoms with Crippen LogP contribution in [0.3, 0.4) is 0 Å². The van der Waals surface area contributed by atoms with Gasteiger partial charge in [0.05, 0.1) is 0 Å². The van der Waals surface area contributed by atoms with Gasteiger partial charge < -0.3 is 10.2 Å². The first-order chi connectivity index (χ1) is 8.04. The van der Waals surface area contributed by atoms with Crippen molar-refractivity contribution in [3.8, 4) is 0 Å². The Morgan fingerprint density at radius 1 is 1.24 bits per heavy atom. The molecule has 0 heterocycles. The topological polar surface area (TPSA) is 32.3 Å². The lowest BCUT2D eigenvalue weighted by atomic mass is 9.92. The molecule has 2 unspecified atom stereocenters. The minimum Gasteiger partial charge on any atom is -0.353 e. The molecule has 3 nitrogen and oxygen atoms in total. The van der Waals surface area contributed by atoms with E-state index in [1.807, 2.05) is 0 Å². The molecule has 0 bridgehead atoms. The summed E-state index contributed by atoms with van der Waals surface area (Å²) in [6, 6.07) is 0.326. The van der Waals surface area contributed by atoms with Gasteiger partial charge in [-0.3, -0.25) is 4.79 Å². The van der Waals surface area contributed by atoms with E-state index in [1.54, 1.807) is 6.92 Å². The highest BCUT2D eigenvalue weighted by molar-refractivity contribution is 5.73. The molecule has 0 aliphatic rings. The highest BCUT2D eigenvalue weighted by Gasteiger charge is 2.21. The Bertz CT molecular complexity index is 206. The first kappa shape index (κ1) is 16.4. The fourth-order valence-electron chi connectivity index (χ4n) is 2.48. The summed E-state index contributed by atoms with van der Waals surface area (Å²) in [5.74, 6) is 0.668. The molecule has 0 aromatic heterocycles. The third-order valence-electron chi connectivity index (χ3n) is 3.21. The monoisotopic (exact) mass is 242 g/mol. The summed E-state index contributed by atoms with van der Waals surface area (Å²) in [6.45, 7) is 10.4. The quantitative estimate of drug-likeness (QED) is 0.674. The van der Waals surface area contributed by atoms with Crippen LogP contribution in [0.2, 0.25) is 0 Å². The molecule has 2 atom stereocenters. The van der Waals surface area contributed by atoms with E-state index in [1.165, 1.54) is 19.3 Å². The first-order valence-electron chi connectivity index (χ1n) is 7.00. The molecular weight excluding hydrogens is 212 g/mol. The number of nitrogens with one attached hydrogen (secondary N) is 1. The molecule has 1 amide bonds. The molecule has 0 aliphatic heterocycles. The normalized spacial score (nSPS) is 14.7. The van der Waals surface area contributed by atoms with Crippen LogP contribution in [0.4, 0.5) is 0 Å². The summed E-state index contributed by atoms with van der Waals surface area (Å²) in [5.41, 5.74) is 0. The fourth-order valence-corrected chi connectivity index (χ4v) is 2.48. The number of carbonyl (C=O) groups is 1. The van der Waals surface area contributed by atoms with E-state index in [4.69, 9.17) is 0 Å². The number of nitrogens with zero attached hydrogens (tertiary/aromatic N) is 1. The third kappa shape index (κ3) is 7.37. The maximum Gasteiger partial charge on any atom is 0.217 e. The molecule has 0 aromatic carbocycles. The molecule has 0 radical (unpaired) electrons. The van der Waals surface area contributed by atoms with Crippen molar-refractivity contribution in [3.05, 3.63) is 0 Å². The minimum atomic E-state index is 0.0936. The lowest BCUT2D eigenvalue weighted by Gasteiger charge is -2.30. The zero-order valence-corrected chi connectivity index (χ0v) is 12.3. The van der Waals surface area contributed by atoms with Crippen LogP contribution < -0.4 is 5.32 Å². The Balaban J connectivity index is 4.39. The van der Waals surface area contributed by atoms with Gasteiger partial charge in [-0.25, -0.2) is 0 Å². The average molecular weight is 242 g/mol.